The molecule has 14 heavy (non-hydrogen) atoms. The first kappa shape index (κ1) is 11.2. The first-order valence-corrected chi connectivity index (χ1v) is 5.16. The molecule has 0 spiro atoms. The molecule has 0 N–H and O–H groups in total. The van der Waals surface area contributed by atoms with Crippen LogP contribution in [0.2, 0.25) is 0 Å². The van der Waals surface area contributed by atoms with Crippen molar-refractivity contribution >= 4 is 17.8 Å². The van der Waals surface area contributed by atoms with E-state index in [0.29, 0.717) is 5.56 Å². The van der Waals surface area contributed by atoms with Gasteiger partial charge in [-0.1, -0.05) is 18.2 Å². The van der Waals surface area contributed by atoms with Crippen molar-refractivity contribution in [3.8, 4) is 0 Å². The van der Waals surface area contributed by atoms with Crippen LogP contribution in [0.3, 0.4) is 0 Å². The van der Waals surface area contributed by atoms with E-state index in [4.69, 9.17) is 0 Å². The topological polar surface area (TPSA) is 0 Å². The molecule has 0 saturated carbocycles. The fraction of sp³-hybridized carbons (Fsp3) is 0.200. The fourth-order valence-electron chi connectivity index (χ4n) is 0.997. The molecule has 4 heteroatoms. The highest BCUT2D eigenvalue weighted by Crippen LogP contribution is 2.24. The number of alkyl halides is 2. The lowest BCUT2D eigenvalue weighted by Crippen LogP contribution is -1.90. The minimum Gasteiger partial charge on any atom is -0.205 e. The van der Waals surface area contributed by atoms with Crippen molar-refractivity contribution in [3.05, 3.63) is 35.7 Å². The first-order valence-electron chi connectivity index (χ1n) is 3.93. The van der Waals surface area contributed by atoms with E-state index < -0.39 is 12.3 Å². The van der Waals surface area contributed by atoms with E-state index in [1.54, 1.807) is 24.3 Å². The lowest BCUT2D eigenvalue weighted by molar-refractivity contribution is 0.161. The van der Waals surface area contributed by atoms with Gasteiger partial charge in [0.1, 0.15) is 0 Å². The highest BCUT2D eigenvalue weighted by atomic mass is 32.2. The van der Waals surface area contributed by atoms with Crippen molar-refractivity contribution in [2.75, 3.05) is 6.26 Å². The van der Waals surface area contributed by atoms with Gasteiger partial charge in [-0.3, -0.25) is 0 Å². The maximum absolute atomic E-state index is 12.6. The molecule has 0 amide bonds. The van der Waals surface area contributed by atoms with Crippen LogP contribution in [0.15, 0.2) is 35.0 Å². The Kier molecular flexibility index (Phi) is 4.07. The average molecular weight is 218 g/mol. The van der Waals surface area contributed by atoms with Crippen LogP contribution >= 0.6 is 11.8 Å². The molecule has 0 nitrogen and oxygen atoms in total. The van der Waals surface area contributed by atoms with E-state index in [9.17, 15) is 13.2 Å². The molecule has 0 radical (unpaired) electrons. The van der Waals surface area contributed by atoms with Crippen molar-refractivity contribution in [2.24, 2.45) is 0 Å². The third kappa shape index (κ3) is 2.80. The maximum atomic E-state index is 12.6. The molecular formula is C10H9F3S. The van der Waals surface area contributed by atoms with Crippen molar-refractivity contribution in [1.82, 2.24) is 0 Å². The largest absolute Gasteiger partial charge is 0.289 e. The zero-order chi connectivity index (χ0) is 10.6. The molecule has 1 rings (SSSR count). The number of benzene rings is 1. The molecule has 0 aliphatic rings. The van der Waals surface area contributed by atoms with E-state index in [1.807, 2.05) is 6.26 Å². The van der Waals surface area contributed by atoms with Gasteiger partial charge in [0, 0.05) is 4.90 Å². The molecule has 0 saturated heterocycles. The van der Waals surface area contributed by atoms with Crippen LogP contribution in [0.25, 0.3) is 6.08 Å². The smallest absolute Gasteiger partial charge is 0.205 e. The minimum atomic E-state index is -3.04. The van der Waals surface area contributed by atoms with E-state index in [2.05, 4.69) is 0 Å². The number of hydrogen-bond donors (Lipinski definition) is 0. The zero-order valence-electron chi connectivity index (χ0n) is 7.51. The second-order valence-corrected chi connectivity index (χ2v) is 3.42. The summed E-state index contributed by atoms with van der Waals surface area (Å²) in [5.74, 6) is -1.40. The van der Waals surface area contributed by atoms with Gasteiger partial charge in [-0.2, -0.15) is 0 Å². The van der Waals surface area contributed by atoms with Gasteiger partial charge in [-0.05, 0) is 24.0 Å². The molecule has 0 atom stereocenters. The van der Waals surface area contributed by atoms with E-state index in [1.165, 1.54) is 11.8 Å². The summed E-state index contributed by atoms with van der Waals surface area (Å²) in [5, 5.41) is 0. The van der Waals surface area contributed by atoms with Crippen LogP contribution in [0.1, 0.15) is 5.56 Å². The van der Waals surface area contributed by atoms with Gasteiger partial charge in [-0.25, -0.2) is 13.2 Å². The van der Waals surface area contributed by atoms with Crippen LogP contribution in [0.4, 0.5) is 13.2 Å². The second kappa shape index (κ2) is 5.10. The molecule has 0 aliphatic carbocycles. The minimum absolute atomic E-state index is 0.484. The van der Waals surface area contributed by atoms with Gasteiger partial charge in [0.25, 0.3) is 6.43 Å². The third-order valence-corrected chi connectivity index (χ3v) is 2.45. The van der Waals surface area contributed by atoms with Crippen LogP contribution in [0, 0.1) is 0 Å². The van der Waals surface area contributed by atoms with Gasteiger partial charge in [0.05, 0.1) is 0 Å². The zero-order valence-corrected chi connectivity index (χ0v) is 8.32. The Bertz CT molecular complexity index is 334. The molecule has 0 fully saturated rings. The Hall–Kier alpha value is -0.900. The van der Waals surface area contributed by atoms with Gasteiger partial charge in [0.2, 0.25) is 0 Å². The summed E-state index contributed by atoms with van der Waals surface area (Å²) in [6.07, 6.45) is -0.353. The lowest BCUT2D eigenvalue weighted by atomic mass is 10.2. The standard InChI is InChI=1S/C10H9F3S/c1-14-9-5-3-2-4-7(9)6-8(11)10(12)13/h2-6,10H,1H3/b8-6+. The van der Waals surface area contributed by atoms with Crippen molar-refractivity contribution in [1.29, 1.82) is 0 Å². The van der Waals surface area contributed by atoms with Crippen molar-refractivity contribution in [3.63, 3.8) is 0 Å². The molecule has 76 valence electrons. The molecule has 0 unspecified atom stereocenters. The predicted octanol–water partition coefficient (Wildman–Crippen LogP) is 3.98. The van der Waals surface area contributed by atoms with Gasteiger partial charge in [0.15, 0.2) is 5.83 Å². The van der Waals surface area contributed by atoms with Crippen LogP contribution in [-0.4, -0.2) is 12.7 Å². The Balaban J connectivity index is 3.01. The van der Waals surface area contributed by atoms with Crippen LogP contribution in [-0.2, 0) is 0 Å². The van der Waals surface area contributed by atoms with E-state index in [-0.39, 0.29) is 0 Å². The third-order valence-electron chi connectivity index (χ3n) is 1.64. The SMILES string of the molecule is CSc1ccccc1/C=C(/F)C(F)F. The Morgan fingerprint density at radius 2 is 2.00 bits per heavy atom. The van der Waals surface area contributed by atoms with Gasteiger partial charge >= 0.3 is 0 Å². The van der Waals surface area contributed by atoms with Gasteiger partial charge in [-0.15, -0.1) is 11.8 Å². The molecule has 0 aliphatic heterocycles. The number of hydrogen-bond acceptors (Lipinski definition) is 1. The van der Waals surface area contributed by atoms with E-state index >= 15 is 0 Å². The first-order chi connectivity index (χ1) is 6.65. The normalized spacial score (nSPS) is 12.2. The summed E-state index contributed by atoms with van der Waals surface area (Å²) in [4.78, 5) is 0.781. The molecular weight excluding hydrogens is 209 g/mol. The lowest BCUT2D eigenvalue weighted by Gasteiger charge is -2.02. The van der Waals surface area contributed by atoms with E-state index in [0.717, 1.165) is 11.0 Å². The monoisotopic (exact) mass is 218 g/mol. The highest BCUT2D eigenvalue weighted by molar-refractivity contribution is 7.98. The predicted molar refractivity (Wildman–Crippen MR) is 53.3 cm³/mol. The molecule has 1 aromatic carbocycles. The molecule has 1 aromatic rings. The number of thioether (sulfide) groups is 1. The Labute approximate surface area is 84.8 Å². The second-order valence-electron chi connectivity index (χ2n) is 2.57. The summed E-state index contributed by atoms with van der Waals surface area (Å²) in [7, 11) is 0. The average Bonchev–Trinajstić information content (AvgIpc) is 2.18. The highest BCUT2D eigenvalue weighted by Gasteiger charge is 2.10. The molecule has 0 aromatic heterocycles. The number of rotatable bonds is 3. The molecule has 0 heterocycles. The summed E-state index contributed by atoms with van der Waals surface area (Å²) in [5.41, 5.74) is 0.484. The number of halogens is 3. The quantitative estimate of drug-likeness (QED) is 0.691. The molecule has 0 bridgehead atoms. The Morgan fingerprint density at radius 1 is 1.36 bits per heavy atom. The van der Waals surface area contributed by atoms with Crippen molar-refractivity contribution in [2.45, 2.75) is 11.3 Å². The van der Waals surface area contributed by atoms with Crippen molar-refractivity contribution < 1.29 is 13.2 Å². The van der Waals surface area contributed by atoms with Crippen LogP contribution < -0.4 is 0 Å². The summed E-state index contributed by atoms with van der Waals surface area (Å²) < 4.78 is 36.4. The number of allylic oxidation sites excluding steroid dienone is 1. The Morgan fingerprint density at radius 3 is 2.57 bits per heavy atom. The summed E-state index contributed by atoms with van der Waals surface area (Å²) in [6.45, 7) is 0. The summed E-state index contributed by atoms with van der Waals surface area (Å²) in [6, 6.07) is 6.83. The fourth-order valence-corrected chi connectivity index (χ4v) is 1.57. The van der Waals surface area contributed by atoms with Gasteiger partial charge < -0.3 is 0 Å². The maximum Gasteiger partial charge on any atom is 0.289 e. The summed E-state index contributed by atoms with van der Waals surface area (Å²) >= 11 is 1.39. The van der Waals surface area contributed by atoms with Crippen LogP contribution in [0.5, 0.6) is 0 Å².